The first kappa shape index (κ1) is 74.3. The van der Waals surface area contributed by atoms with E-state index in [9.17, 15) is 19.8 Å². The summed E-state index contributed by atoms with van der Waals surface area (Å²) in [4.78, 5) is 24.5. The Morgan fingerprint density at radius 1 is 0.368 bits per heavy atom. The molecule has 6 nitrogen and oxygen atoms in total. The van der Waals surface area contributed by atoms with Crippen molar-refractivity contribution in [3.8, 4) is 0 Å². The highest BCUT2D eigenvalue weighted by Crippen LogP contribution is 2.19. The van der Waals surface area contributed by atoms with Crippen molar-refractivity contribution in [2.45, 2.75) is 398 Å². The van der Waals surface area contributed by atoms with Gasteiger partial charge in [-0.1, -0.05) is 346 Å². The largest absolute Gasteiger partial charge is 0.466 e. The molecule has 0 saturated carbocycles. The van der Waals surface area contributed by atoms with E-state index in [-0.39, 0.29) is 18.5 Å². The molecule has 450 valence electrons. The van der Waals surface area contributed by atoms with E-state index >= 15 is 0 Å². The third-order valence-corrected chi connectivity index (χ3v) is 16.3. The second-order valence-electron chi connectivity index (χ2n) is 23.9. The van der Waals surface area contributed by atoms with Gasteiger partial charge in [-0.2, -0.15) is 0 Å². The molecule has 0 heterocycles. The molecule has 0 rings (SSSR count). The molecule has 0 bridgehead atoms. The Labute approximate surface area is 475 Å². The zero-order chi connectivity index (χ0) is 55.0. The molecule has 2 atom stereocenters. The number of aliphatic hydroxyl groups is 2. The van der Waals surface area contributed by atoms with Crippen LogP contribution in [0, 0.1) is 0 Å². The molecule has 0 aliphatic heterocycles. The second-order valence-corrected chi connectivity index (χ2v) is 23.9. The number of unbranched alkanes of at least 4 members (excludes halogenated alkanes) is 50. The highest BCUT2D eigenvalue weighted by molar-refractivity contribution is 5.76. The van der Waals surface area contributed by atoms with Crippen LogP contribution >= 0.6 is 0 Å². The number of allylic oxidation sites excluding steroid dienone is 4. The van der Waals surface area contributed by atoms with Crippen LogP contribution in [0.3, 0.4) is 0 Å². The predicted molar refractivity (Wildman–Crippen MR) is 333 cm³/mol. The number of carbonyl (C=O) groups is 2. The van der Waals surface area contributed by atoms with Gasteiger partial charge in [0.25, 0.3) is 0 Å². The van der Waals surface area contributed by atoms with E-state index in [0.29, 0.717) is 25.9 Å². The molecule has 1 amide bonds. The van der Waals surface area contributed by atoms with Crippen LogP contribution in [-0.4, -0.2) is 47.4 Å². The average Bonchev–Trinajstić information content (AvgIpc) is 3.42. The first-order valence-electron chi connectivity index (χ1n) is 34.6. The van der Waals surface area contributed by atoms with E-state index in [1.807, 2.05) is 0 Å². The van der Waals surface area contributed by atoms with Crippen molar-refractivity contribution in [3.63, 3.8) is 0 Å². The minimum Gasteiger partial charge on any atom is -0.466 e. The van der Waals surface area contributed by atoms with Crippen LogP contribution < -0.4 is 5.32 Å². The first-order valence-corrected chi connectivity index (χ1v) is 34.6. The second kappa shape index (κ2) is 65.9. The van der Waals surface area contributed by atoms with Crippen molar-refractivity contribution in [1.29, 1.82) is 0 Å². The van der Waals surface area contributed by atoms with Crippen LogP contribution in [0.4, 0.5) is 0 Å². The number of ether oxygens (including phenoxy) is 1. The smallest absolute Gasteiger partial charge is 0.305 e. The number of hydrogen-bond acceptors (Lipinski definition) is 5. The number of esters is 1. The van der Waals surface area contributed by atoms with Gasteiger partial charge in [0, 0.05) is 12.8 Å². The van der Waals surface area contributed by atoms with Crippen LogP contribution in [0.5, 0.6) is 0 Å². The van der Waals surface area contributed by atoms with Gasteiger partial charge in [-0.3, -0.25) is 9.59 Å². The van der Waals surface area contributed by atoms with Crippen molar-refractivity contribution in [2.24, 2.45) is 0 Å². The number of carbonyl (C=O) groups excluding carboxylic acids is 2. The minimum absolute atomic E-state index is 0.00740. The van der Waals surface area contributed by atoms with Gasteiger partial charge in [0.15, 0.2) is 0 Å². The average molecular weight is 1070 g/mol. The first-order chi connectivity index (χ1) is 37.5. The predicted octanol–water partition coefficient (Wildman–Crippen LogP) is 22.1. The summed E-state index contributed by atoms with van der Waals surface area (Å²) in [5.41, 5.74) is 0. The molecular formula is C70H135NO5. The molecule has 76 heavy (non-hydrogen) atoms. The Morgan fingerprint density at radius 3 is 1.04 bits per heavy atom. The van der Waals surface area contributed by atoms with Crippen LogP contribution in [0.15, 0.2) is 24.3 Å². The van der Waals surface area contributed by atoms with Crippen molar-refractivity contribution >= 4 is 11.9 Å². The standard InChI is InChI=1S/C70H135NO5/c1-3-5-7-9-11-13-15-17-40-44-48-52-56-60-64-70(75)76-65-61-57-53-49-45-41-38-36-34-32-30-28-26-24-22-20-18-19-21-23-25-27-29-31-33-35-37-39-43-47-51-55-59-63-69(74)71-67(66-72)68(73)62-58-54-50-46-42-16-14-12-10-8-6-4-2/h9,11,15,17,67-68,72-73H,3-8,10,12-14,16,18-66H2,1-2H3,(H,71,74)/b11-9-,17-15-. The summed E-state index contributed by atoms with van der Waals surface area (Å²) in [6.45, 7) is 4.93. The Bertz CT molecular complexity index is 1190. The van der Waals surface area contributed by atoms with Gasteiger partial charge in [-0.05, 0) is 51.4 Å². The van der Waals surface area contributed by atoms with E-state index in [1.165, 1.54) is 302 Å². The van der Waals surface area contributed by atoms with Crippen LogP contribution in [-0.2, 0) is 14.3 Å². The highest BCUT2D eigenvalue weighted by Gasteiger charge is 2.20. The van der Waals surface area contributed by atoms with Crippen molar-refractivity contribution in [2.75, 3.05) is 13.2 Å². The van der Waals surface area contributed by atoms with Gasteiger partial charge in [-0.25, -0.2) is 0 Å². The number of nitrogens with one attached hydrogen (secondary N) is 1. The zero-order valence-electron chi connectivity index (χ0n) is 51.5. The maximum Gasteiger partial charge on any atom is 0.305 e. The molecule has 2 unspecified atom stereocenters. The van der Waals surface area contributed by atoms with Crippen molar-refractivity contribution in [3.05, 3.63) is 24.3 Å². The number of amides is 1. The van der Waals surface area contributed by atoms with Gasteiger partial charge in [-0.15, -0.1) is 0 Å². The third kappa shape index (κ3) is 61.6. The zero-order valence-corrected chi connectivity index (χ0v) is 51.5. The molecule has 6 heteroatoms. The molecule has 3 N–H and O–H groups in total. The Hall–Kier alpha value is -1.66. The summed E-state index contributed by atoms with van der Waals surface area (Å²) in [5.74, 6) is -0.0213. The maximum absolute atomic E-state index is 12.5. The molecule has 0 radical (unpaired) electrons. The van der Waals surface area contributed by atoms with E-state index in [4.69, 9.17) is 4.74 Å². The fourth-order valence-corrected chi connectivity index (χ4v) is 11.0. The Kier molecular flexibility index (Phi) is 64.4. The van der Waals surface area contributed by atoms with Crippen LogP contribution in [0.25, 0.3) is 0 Å². The summed E-state index contributed by atoms with van der Waals surface area (Å²) in [5, 5.41) is 23.3. The van der Waals surface area contributed by atoms with Gasteiger partial charge in [0.1, 0.15) is 0 Å². The van der Waals surface area contributed by atoms with Gasteiger partial charge < -0.3 is 20.3 Å². The summed E-state index contributed by atoms with van der Waals surface area (Å²) < 4.78 is 5.48. The van der Waals surface area contributed by atoms with E-state index in [2.05, 4.69) is 43.5 Å². The lowest BCUT2D eigenvalue weighted by molar-refractivity contribution is -0.143. The highest BCUT2D eigenvalue weighted by atomic mass is 16.5. The molecule has 0 aliphatic rings. The van der Waals surface area contributed by atoms with E-state index in [1.54, 1.807) is 0 Å². The molecule has 0 saturated heterocycles. The Balaban J connectivity index is 3.30. The van der Waals surface area contributed by atoms with Crippen molar-refractivity contribution < 1.29 is 24.5 Å². The minimum atomic E-state index is -0.659. The van der Waals surface area contributed by atoms with Crippen molar-refractivity contribution in [1.82, 2.24) is 5.32 Å². The van der Waals surface area contributed by atoms with E-state index in [0.717, 1.165) is 51.4 Å². The monoisotopic (exact) mass is 1070 g/mol. The fourth-order valence-electron chi connectivity index (χ4n) is 11.0. The normalized spacial score (nSPS) is 12.6. The van der Waals surface area contributed by atoms with Crippen LogP contribution in [0.2, 0.25) is 0 Å². The lowest BCUT2D eigenvalue weighted by Crippen LogP contribution is -2.45. The molecule has 0 aromatic heterocycles. The fraction of sp³-hybridized carbons (Fsp3) is 0.914. The van der Waals surface area contributed by atoms with Gasteiger partial charge in [0.05, 0.1) is 25.4 Å². The number of rotatable bonds is 65. The number of aliphatic hydroxyl groups excluding tert-OH is 2. The molecule has 0 aromatic carbocycles. The molecular weight excluding hydrogens is 935 g/mol. The molecule has 0 spiro atoms. The van der Waals surface area contributed by atoms with Gasteiger partial charge in [0.2, 0.25) is 5.91 Å². The van der Waals surface area contributed by atoms with Crippen LogP contribution in [0.1, 0.15) is 386 Å². The lowest BCUT2D eigenvalue weighted by Gasteiger charge is -2.22. The van der Waals surface area contributed by atoms with Gasteiger partial charge >= 0.3 is 5.97 Å². The number of hydrogen-bond donors (Lipinski definition) is 3. The Morgan fingerprint density at radius 2 is 0.671 bits per heavy atom. The summed E-state index contributed by atoms with van der Waals surface area (Å²) in [6, 6.07) is -0.536. The molecule has 0 fully saturated rings. The lowest BCUT2D eigenvalue weighted by atomic mass is 10.0. The maximum atomic E-state index is 12.5. The summed E-state index contributed by atoms with van der Waals surface area (Å²) in [7, 11) is 0. The molecule has 0 aromatic rings. The topological polar surface area (TPSA) is 95.9 Å². The summed E-state index contributed by atoms with van der Waals surface area (Å²) in [6.07, 6.45) is 82.4. The van der Waals surface area contributed by atoms with E-state index < -0.39 is 12.1 Å². The SMILES string of the molecule is CCCC/C=C\C/C=C\CCCCCCCC(=O)OCCCCCCCCCCCCCCCCCCCCCCCCCCCCCCCCCCCC(=O)NC(CO)C(O)CCCCCCCCCCCCCC. The molecule has 0 aliphatic carbocycles. The quantitative estimate of drug-likeness (QED) is 0.0320. The third-order valence-electron chi connectivity index (χ3n) is 16.3. The summed E-state index contributed by atoms with van der Waals surface area (Å²) >= 11 is 0.